The van der Waals surface area contributed by atoms with Crippen LogP contribution in [0.1, 0.15) is 155 Å². The van der Waals surface area contributed by atoms with Crippen LogP contribution in [-0.2, 0) is 0 Å². The minimum Gasteiger partial charge on any atom is -0.161 e. The molecule has 0 nitrogen and oxygen atoms in total. The van der Waals surface area contributed by atoms with E-state index in [-0.39, 0.29) is 0 Å². The Morgan fingerprint density at radius 1 is 0.267 bits per heavy atom. The molecule has 30 heavy (non-hydrogen) atoms. The molecule has 0 aliphatic rings. The van der Waals surface area contributed by atoms with Gasteiger partial charge < -0.3 is 0 Å². The lowest BCUT2D eigenvalue weighted by molar-refractivity contribution is 0.555. The van der Waals surface area contributed by atoms with Gasteiger partial charge in [-0.2, -0.15) is 23.5 Å². The van der Waals surface area contributed by atoms with E-state index in [2.05, 4.69) is 37.4 Å². The van der Waals surface area contributed by atoms with E-state index >= 15 is 0 Å². The summed E-state index contributed by atoms with van der Waals surface area (Å²) in [5.74, 6) is 5.55. The van der Waals surface area contributed by atoms with Crippen LogP contribution in [0.15, 0.2) is 0 Å². The van der Waals surface area contributed by atoms with Gasteiger partial charge in [0.1, 0.15) is 0 Å². The van der Waals surface area contributed by atoms with Gasteiger partial charge in [-0.3, -0.25) is 0 Å². The largest absolute Gasteiger partial charge is 0.161 e. The number of unbranched alkanes of at least 4 members (excludes halogenated alkanes) is 20. The molecule has 0 aliphatic carbocycles. The van der Waals surface area contributed by atoms with Gasteiger partial charge in [0, 0.05) is 11.5 Å². The maximum atomic E-state index is 2.30. The van der Waals surface area contributed by atoms with E-state index in [0.717, 1.165) is 0 Å². The van der Waals surface area contributed by atoms with Gasteiger partial charge in [-0.05, 0) is 24.3 Å². The molecule has 0 rings (SSSR count). The molecular weight excluding hydrogens is 400 g/mol. The van der Waals surface area contributed by atoms with Crippen molar-refractivity contribution in [2.75, 3.05) is 23.0 Å². The fourth-order valence-electron chi connectivity index (χ4n) is 4.06. The lowest BCUT2D eigenvalue weighted by Crippen LogP contribution is -1.90. The first kappa shape index (κ1) is 30.7. The quantitative estimate of drug-likeness (QED) is 0.112. The van der Waals surface area contributed by atoms with Crippen LogP contribution in [0.2, 0.25) is 0 Å². The van der Waals surface area contributed by atoms with Gasteiger partial charge in [0.25, 0.3) is 0 Å². The van der Waals surface area contributed by atoms with Gasteiger partial charge in [0.2, 0.25) is 0 Å². The molecule has 0 N–H and O–H groups in total. The second kappa shape index (κ2) is 29.7. The summed E-state index contributed by atoms with van der Waals surface area (Å²) in [4.78, 5) is 0. The molecule has 0 aliphatic heterocycles. The number of hydrogen-bond donors (Lipinski definition) is 0. The van der Waals surface area contributed by atoms with E-state index in [9.17, 15) is 0 Å². The fraction of sp³-hybridized carbons (Fsp3) is 1.00. The summed E-state index contributed by atoms with van der Waals surface area (Å²) in [6, 6.07) is 0. The predicted octanol–water partition coefficient (Wildman–Crippen LogP) is 11.1. The van der Waals surface area contributed by atoms with Gasteiger partial charge in [0.15, 0.2) is 0 Å². The van der Waals surface area contributed by atoms with E-state index in [1.54, 1.807) is 0 Å². The van der Waals surface area contributed by atoms with E-state index < -0.39 is 0 Å². The first-order valence-electron chi connectivity index (χ1n) is 14.1. The smallest absolute Gasteiger partial charge is 0.00235 e. The minimum atomic E-state index is 1.37. The molecule has 0 aromatic rings. The molecule has 0 spiro atoms. The van der Waals surface area contributed by atoms with Crippen molar-refractivity contribution in [2.45, 2.75) is 155 Å². The van der Waals surface area contributed by atoms with Crippen LogP contribution in [0.5, 0.6) is 0 Å². The summed E-state index contributed by atoms with van der Waals surface area (Å²) >= 11 is 4.39. The molecule has 0 aromatic carbocycles. The van der Waals surface area contributed by atoms with E-state index in [1.165, 1.54) is 164 Å². The molecule has 2 heteroatoms. The predicted molar refractivity (Wildman–Crippen MR) is 148 cm³/mol. The molecule has 0 unspecified atom stereocenters. The molecule has 0 amide bonds. The Balaban J connectivity index is 2.97. The van der Waals surface area contributed by atoms with E-state index in [0.29, 0.717) is 0 Å². The monoisotopic (exact) mass is 458 g/mol. The van der Waals surface area contributed by atoms with Crippen LogP contribution in [0.4, 0.5) is 0 Å². The summed E-state index contributed by atoms with van der Waals surface area (Å²) in [5, 5.41) is 0. The van der Waals surface area contributed by atoms with E-state index in [1.807, 2.05) is 0 Å². The third-order valence-corrected chi connectivity index (χ3v) is 8.56. The highest BCUT2D eigenvalue weighted by Gasteiger charge is 1.96. The number of rotatable bonds is 27. The normalized spacial score (nSPS) is 11.4. The molecular formula is C28H58S2. The van der Waals surface area contributed by atoms with Crippen molar-refractivity contribution in [3.05, 3.63) is 0 Å². The number of hydrogen-bond acceptors (Lipinski definition) is 2. The minimum absolute atomic E-state index is 1.37. The van der Waals surface area contributed by atoms with Gasteiger partial charge in [0.05, 0.1) is 0 Å². The molecule has 0 heterocycles. The highest BCUT2D eigenvalue weighted by atomic mass is 32.2. The summed E-state index contributed by atoms with van der Waals surface area (Å²) in [6.45, 7) is 4.61. The third kappa shape index (κ3) is 28.7. The van der Waals surface area contributed by atoms with Gasteiger partial charge in [-0.25, -0.2) is 0 Å². The Morgan fingerprint density at radius 3 is 0.767 bits per heavy atom. The second-order valence-electron chi connectivity index (χ2n) is 9.30. The van der Waals surface area contributed by atoms with Crippen molar-refractivity contribution < 1.29 is 0 Å². The Bertz CT molecular complexity index is 252. The first-order valence-corrected chi connectivity index (χ1v) is 16.4. The van der Waals surface area contributed by atoms with Crippen molar-refractivity contribution in [1.82, 2.24) is 0 Å². The standard InChI is InChI=1S/C28H58S2/c1-3-5-7-9-11-13-15-17-19-21-23-25-29-27-28-30-26-24-22-20-18-16-14-12-10-8-6-4-2/h3-28H2,1-2H3. The number of thioether (sulfide) groups is 2. The van der Waals surface area contributed by atoms with Crippen LogP contribution < -0.4 is 0 Å². The summed E-state index contributed by atoms with van der Waals surface area (Å²) < 4.78 is 0. The third-order valence-electron chi connectivity index (χ3n) is 6.16. The fourth-order valence-corrected chi connectivity index (χ4v) is 6.23. The Labute approximate surface area is 201 Å². The highest BCUT2D eigenvalue weighted by molar-refractivity contribution is 8.02. The van der Waals surface area contributed by atoms with Crippen molar-refractivity contribution in [2.24, 2.45) is 0 Å². The first-order chi connectivity index (χ1) is 14.9. The van der Waals surface area contributed by atoms with Crippen molar-refractivity contribution in [3.63, 3.8) is 0 Å². The Kier molecular flexibility index (Phi) is 30.4. The summed E-state index contributed by atoms with van der Waals surface area (Å²) in [6.07, 6.45) is 32.1. The van der Waals surface area contributed by atoms with Gasteiger partial charge in [-0.1, -0.05) is 142 Å². The molecule has 0 fully saturated rings. The summed E-state index contributed by atoms with van der Waals surface area (Å²) in [7, 11) is 0. The van der Waals surface area contributed by atoms with Crippen LogP contribution >= 0.6 is 23.5 Å². The Morgan fingerprint density at radius 2 is 0.500 bits per heavy atom. The average molecular weight is 459 g/mol. The zero-order valence-corrected chi connectivity index (χ0v) is 22.8. The molecule has 0 bridgehead atoms. The molecule has 0 atom stereocenters. The van der Waals surface area contributed by atoms with Crippen LogP contribution in [-0.4, -0.2) is 23.0 Å². The zero-order valence-electron chi connectivity index (χ0n) is 21.2. The van der Waals surface area contributed by atoms with Crippen molar-refractivity contribution in [1.29, 1.82) is 0 Å². The molecule has 0 aromatic heterocycles. The average Bonchev–Trinajstić information content (AvgIpc) is 2.76. The lowest BCUT2D eigenvalue weighted by atomic mass is 10.1. The second-order valence-corrected chi connectivity index (χ2v) is 11.7. The highest BCUT2D eigenvalue weighted by Crippen LogP contribution is 2.15. The molecule has 182 valence electrons. The van der Waals surface area contributed by atoms with Gasteiger partial charge in [-0.15, -0.1) is 0 Å². The van der Waals surface area contributed by atoms with Gasteiger partial charge >= 0.3 is 0 Å². The maximum Gasteiger partial charge on any atom is 0.00235 e. The summed E-state index contributed by atoms with van der Waals surface area (Å²) in [5.41, 5.74) is 0. The van der Waals surface area contributed by atoms with Crippen molar-refractivity contribution in [3.8, 4) is 0 Å². The van der Waals surface area contributed by atoms with Crippen molar-refractivity contribution >= 4 is 23.5 Å². The topological polar surface area (TPSA) is 0 Å². The van der Waals surface area contributed by atoms with E-state index in [4.69, 9.17) is 0 Å². The maximum absolute atomic E-state index is 2.30. The van der Waals surface area contributed by atoms with Crippen LogP contribution in [0.3, 0.4) is 0 Å². The lowest BCUT2D eigenvalue weighted by Gasteiger charge is -2.04. The van der Waals surface area contributed by atoms with Crippen LogP contribution in [0.25, 0.3) is 0 Å². The Hall–Kier alpha value is 0.700. The molecule has 0 radical (unpaired) electrons. The SMILES string of the molecule is CCCCCCCCCCCCCSCCSCCCCCCCCCCCCC. The molecule has 0 saturated carbocycles. The molecule has 0 saturated heterocycles. The zero-order chi connectivity index (χ0) is 21.8. The van der Waals surface area contributed by atoms with Crippen LogP contribution in [0, 0.1) is 0 Å².